The van der Waals surface area contributed by atoms with E-state index in [1.807, 2.05) is 0 Å². The molecule has 13 heavy (non-hydrogen) atoms. The van der Waals surface area contributed by atoms with Gasteiger partial charge in [0.15, 0.2) is 0 Å². The van der Waals surface area contributed by atoms with Gasteiger partial charge in [-0.25, -0.2) is 0 Å². The summed E-state index contributed by atoms with van der Waals surface area (Å²) in [5, 5.41) is 2.61. The fourth-order valence-corrected chi connectivity index (χ4v) is 2.05. The summed E-state index contributed by atoms with van der Waals surface area (Å²) in [5.74, 6) is 0. The van der Waals surface area contributed by atoms with Crippen molar-refractivity contribution in [2.45, 2.75) is 33.1 Å². The van der Waals surface area contributed by atoms with E-state index < -0.39 is 0 Å². The van der Waals surface area contributed by atoms with Crippen molar-refractivity contribution < 1.29 is 0 Å². The maximum atomic E-state index is 2.80. The van der Waals surface area contributed by atoms with Crippen molar-refractivity contribution in [1.82, 2.24) is 0 Å². The molecular formula is C11H18P2. The zero-order chi connectivity index (χ0) is 10.2. The van der Waals surface area contributed by atoms with Crippen LogP contribution in [0.15, 0.2) is 12.1 Å². The molecule has 0 N–H and O–H groups in total. The second kappa shape index (κ2) is 3.68. The molecule has 0 fully saturated rings. The Hall–Kier alpha value is 0.0800. The fourth-order valence-electron chi connectivity index (χ4n) is 1.19. The smallest absolute Gasteiger partial charge is 0.0131 e. The van der Waals surface area contributed by atoms with Crippen LogP contribution in [0.5, 0.6) is 0 Å². The Morgan fingerprint density at radius 1 is 1.00 bits per heavy atom. The molecule has 1 rings (SSSR count). The van der Waals surface area contributed by atoms with Gasteiger partial charge in [0, 0.05) is 0 Å². The standard InChI is InChI=1S/C11H18P2/c1-7-9(12)5-8(6-10(7)13)11(2,3)4/h5-6H,12-13H2,1-4H3. The monoisotopic (exact) mass is 212 g/mol. The molecule has 0 saturated carbocycles. The van der Waals surface area contributed by atoms with Crippen molar-refractivity contribution in [2.24, 2.45) is 0 Å². The Labute approximate surface area is 85.9 Å². The van der Waals surface area contributed by atoms with E-state index in [-0.39, 0.29) is 5.41 Å². The third-order valence-corrected chi connectivity index (χ3v) is 3.55. The van der Waals surface area contributed by atoms with Gasteiger partial charge in [0.2, 0.25) is 0 Å². The molecule has 0 bridgehead atoms. The fraction of sp³-hybridized carbons (Fsp3) is 0.455. The van der Waals surface area contributed by atoms with Gasteiger partial charge in [-0.15, -0.1) is 18.5 Å². The maximum Gasteiger partial charge on any atom is -0.0131 e. The number of hydrogen-bond acceptors (Lipinski definition) is 0. The molecule has 2 atom stereocenters. The molecule has 0 saturated heterocycles. The Morgan fingerprint density at radius 2 is 1.38 bits per heavy atom. The SMILES string of the molecule is Cc1c(P)cc(C(C)(C)C)cc1P. The minimum atomic E-state index is 0.240. The molecule has 2 unspecified atom stereocenters. The predicted molar refractivity (Wildman–Crippen MR) is 68.6 cm³/mol. The number of benzene rings is 1. The highest BCUT2D eigenvalue weighted by Gasteiger charge is 2.14. The predicted octanol–water partition coefficient (Wildman–Crippen LogP) is 2.29. The summed E-state index contributed by atoms with van der Waals surface area (Å²) in [5.41, 5.74) is 2.99. The second-order valence-corrected chi connectivity index (χ2v) is 5.77. The van der Waals surface area contributed by atoms with Crippen molar-refractivity contribution in [3.05, 3.63) is 23.3 Å². The largest absolute Gasteiger partial charge is 0.105 e. The highest BCUT2D eigenvalue weighted by molar-refractivity contribution is 7.29. The van der Waals surface area contributed by atoms with E-state index in [4.69, 9.17) is 0 Å². The summed E-state index contributed by atoms with van der Waals surface area (Å²) < 4.78 is 0. The molecule has 0 radical (unpaired) electrons. The van der Waals surface area contributed by atoms with E-state index in [1.165, 1.54) is 21.7 Å². The van der Waals surface area contributed by atoms with Crippen LogP contribution >= 0.6 is 18.5 Å². The minimum absolute atomic E-state index is 0.240. The molecule has 2 heteroatoms. The molecule has 1 aromatic carbocycles. The van der Waals surface area contributed by atoms with Crippen molar-refractivity contribution in [1.29, 1.82) is 0 Å². The van der Waals surface area contributed by atoms with Crippen LogP contribution < -0.4 is 10.6 Å². The first-order chi connectivity index (χ1) is 5.82. The summed E-state index contributed by atoms with van der Waals surface area (Å²) in [4.78, 5) is 0. The molecule has 0 aliphatic rings. The van der Waals surface area contributed by atoms with Crippen LogP contribution in [0.4, 0.5) is 0 Å². The molecule has 0 nitrogen and oxygen atoms in total. The molecule has 0 aliphatic heterocycles. The lowest BCUT2D eigenvalue weighted by Gasteiger charge is -2.21. The topological polar surface area (TPSA) is 0 Å². The zero-order valence-corrected chi connectivity index (χ0v) is 11.1. The third-order valence-electron chi connectivity index (χ3n) is 2.35. The average Bonchev–Trinajstić information content (AvgIpc) is 1.97. The van der Waals surface area contributed by atoms with Gasteiger partial charge in [0.1, 0.15) is 0 Å². The summed E-state index contributed by atoms with van der Waals surface area (Å²) in [7, 11) is 5.60. The lowest BCUT2D eigenvalue weighted by molar-refractivity contribution is 0.591. The van der Waals surface area contributed by atoms with Gasteiger partial charge in [0.25, 0.3) is 0 Å². The number of hydrogen-bond donors (Lipinski definition) is 0. The van der Waals surface area contributed by atoms with Crippen LogP contribution in [0.3, 0.4) is 0 Å². The van der Waals surface area contributed by atoms with Gasteiger partial charge in [-0.1, -0.05) is 32.9 Å². The summed E-state index contributed by atoms with van der Waals surface area (Å²) in [6, 6.07) is 4.51. The zero-order valence-electron chi connectivity index (χ0n) is 8.81. The summed E-state index contributed by atoms with van der Waals surface area (Å²) >= 11 is 0. The summed E-state index contributed by atoms with van der Waals surface area (Å²) in [6.07, 6.45) is 0. The maximum absolute atomic E-state index is 2.80. The molecular weight excluding hydrogens is 194 g/mol. The molecule has 0 spiro atoms. The lowest BCUT2D eigenvalue weighted by atomic mass is 9.87. The van der Waals surface area contributed by atoms with E-state index in [0.29, 0.717) is 0 Å². The minimum Gasteiger partial charge on any atom is -0.105 e. The van der Waals surface area contributed by atoms with Crippen LogP contribution in [0.1, 0.15) is 31.9 Å². The van der Waals surface area contributed by atoms with Gasteiger partial charge in [-0.2, -0.15) is 0 Å². The van der Waals surface area contributed by atoms with Crippen molar-refractivity contribution >= 4 is 29.1 Å². The highest BCUT2D eigenvalue weighted by Crippen LogP contribution is 2.22. The molecule has 0 heterocycles. The highest BCUT2D eigenvalue weighted by atomic mass is 31.0. The molecule has 0 amide bonds. The van der Waals surface area contributed by atoms with Crippen LogP contribution in [0.25, 0.3) is 0 Å². The normalized spacial score (nSPS) is 11.8. The summed E-state index contributed by atoms with van der Waals surface area (Å²) in [6.45, 7) is 8.88. The van der Waals surface area contributed by atoms with Gasteiger partial charge < -0.3 is 0 Å². The first kappa shape index (κ1) is 11.2. The van der Waals surface area contributed by atoms with Gasteiger partial charge in [-0.3, -0.25) is 0 Å². The van der Waals surface area contributed by atoms with Crippen LogP contribution in [0.2, 0.25) is 0 Å². The van der Waals surface area contributed by atoms with Crippen LogP contribution in [-0.4, -0.2) is 0 Å². The molecule has 72 valence electrons. The first-order valence-electron chi connectivity index (χ1n) is 4.48. The average molecular weight is 212 g/mol. The van der Waals surface area contributed by atoms with E-state index in [9.17, 15) is 0 Å². The Morgan fingerprint density at radius 3 is 1.69 bits per heavy atom. The van der Waals surface area contributed by atoms with E-state index in [0.717, 1.165) is 0 Å². The quantitative estimate of drug-likeness (QED) is 0.579. The number of rotatable bonds is 0. The van der Waals surface area contributed by atoms with Crippen molar-refractivity contribution in [3.8, 4) is 0 Å². The van der Waals surface area contributed by atoms with E-state index in [2.05, 4.69) is 58.3 Å². The Balaban J connectivity index is 3.29. The molecule has 0 aliphatic carbocycles. The van der Waals surface area contributed by atoms with E-state index >= 15 is 0 Å². The molecule has 0 aromatic heterocycles. The molecule has 1 aromatic rings. The van der Waals surface area contributed by atoms with Gasteiger partial charge >= 0.3 is 0 Å². The Bertz CT molecular complexity index is 298. The second-order valence-electron chi connectivity index (χ2n) is 4.53. The first-order valence-corrected chi connectivity index (χ1v) is 5.64. The third kappa shape index (κ3) is 2.52. The Kier molecular flexibility index (Phi) is 3.16. The van der Waals surface area contributed by atoms with Gasteiger partial charge in [-0.05, 0) is 34.1 Å². The van der Waals surface area contributed by atoms with Crippen molar-refractivity contribution in [2.75, 3.05) is 0 Å². The van der Waals surface area contributed by atoms with Crippen LogP contribution in [-0.2, 0) is 5.41 Å². The van der Waals surface area contributed by atoms with E-state index in [1.54, 1.807) is 0 Å². The van der Waals surface area contributed by atoms with Gasteiger partial charge in [0.05, 0.1) is 0 Å². The van der Waals surface area contributed by atoms with Crippen molar-refractivity contribution in [3.63, 3.8) is 0 Å². The lowest BCUT2D eigenvalue weighted by Crippen LogP contribution is -2.18. The van der Waals surface area contributed by atoms with Crippen LogP contribution in [0, 0.1) is 6.92 Å².